The first-order valence-corrected chi connectivity index (χ1v) is 35.7. The molecule has 490 valence electrons. The lowest BCUT2D eigenvalue weighted by molar-refractivity contribution is -0.384. The Balaban J connectivity index is 0.000000148. The fraction of sp³-hybridized carbons (Fsp3) is 0.164. The lowest BCUT2D eigenvalue weighted by atomic mass is 10.1. The summed E-state index contributed by atoms with van der Waals surface area (Å²) >= 11 is 23.7. The van der Waals surface area contributed by atoms with Gasteiger partial charge in [-0.1, -0.05) is 100 Å². The van der Waals surface area contributed by atoms with Crippen molar-refractivity contribution in [3.8, 4) is 0 Å². The molecule has 0 aliphatic heterocycles. The van der Waals surface area contributed by atoms with Gasteiger partial charge in [0.15, 0.2) is 0 Å². The average molecular weight is 1430 g/mol. The van der Waals surface area contributed by atoms with E-state index < -0.39 is 50.7 Å². The van der Waals surface area contributed by atoms with Crippen molar-refractivity contribution in [3.05, 3.63) is 262 Å². The van der Waals surface area contributed by atoms with E-state index in [0.29, 0.717) is 87.0 Å². The van der Waals surface area contributed by atoms with Crippen molar-refractivity contribution in [1.29, 1.82) is 0 Å². The molecular weight excluding hydrogens is 1370 g/mol. The van der Waals surface area contributed by atoms with Crippen LogP contribution in [0.5, 0.6) is 0 Å². The summed E-state index contributed by atoms with van der Waals surface area (Å²) in [5.74, 6) is 0. The molecule has 27 heteroatoms. The third kappa shape index (κ3) is 13.7. The quantitative estimate of drug-likeness (QED) is 0.0617. The zero-order valence-electron chi connectivity index (χ0n) is 51.2. The number of para-hydroxylation sites is 1. The van der Waals surface area contributed by atoms with Crippen LogP contribution in [-0.4, -0.2) is 74.9 Å². The molecule has 4 N–H and O–H groups in total. The normalized spacial score (nSPS) is 11.9. The van der Waals surface area contributed by atoms with Gasteiger partial charge in [0.25, 0.3) is 45.8 Å². The van der Waals surface area contributed by atoms with E-state index in [4.69, 9.17) is 46.4 Å². The van der Waals surface area contributed by atoms with Crippen LogP contribution < -0.4 is 0 Å². The molecular formula is C67H61Cl4N5O14S4. The summed E-state index contributed by atoms with van der Waals surface area (Å²) in [5.41, 5.74) is 9.46. The molecule has 0 unspecified atom stereocenters. The van der Waals surface area contributed by atoms with E-state index in [1.165, 1.54) is 67.0 Å². The van der Waals surface area contributed by atoms with Gasteiger partial charge < -0.3 is 20.4 Å². The first kappa shape index (κ1) is 70.4. The molecule has 94 heavy (non-hydrogen) atoms. The zero-order chi connectivity index (χ0) is 68.7. The van der Waals surface area contributed by atoms with Gasteiger partial charge in [-0.3, -0.25) is 10.1 Å². The Morgan fingerprint density at radius 1 is 0.372 bits per heavy atom. The van der Waals surface area contributed by atoms with Crippen LogP contribution in [0, 0.1) is 58.6 Å². The smallest absolute Gasteiger partial charge is 0.289 e. The van der Waals surface area contributed by atoms with Crippen molar-refractivity contribution in [2.75, 3.05) is 0 Å². The Labute approximate surface area is 562 Å². The van der Waals surface area contributed by atoms with Gasteiger partial charge in [0.2, 0.25) is 0 Å². The molecule has 4 aromatic heterocycles. The third-order valence-electron chi connectivity index (χ3n) is 15.6. The van der Waals surface area contributed by atoms with Crippen molar-refractivity contribution in [1.82, 2.24) is 15.9 Å². The van der Waals surface area contributed by atoms with E-state index in [2.05, 4.69) is 0 Å². The second-order valence-corrected chi connectivity index (χ2v) is 30.9. The fourth-order valence-electron chi connectivity index (χ4n) is 10.6. The highest BCUT2D eigenvalue weighted by Crippen LogP contribution is 2.35. The standard InChI is InChI=1S/3C17H16ClNO3S.C16H13ClN2O5S/c1-11-3-6-17-15(7-11)13(10-20)9-19(17)23(21,22)14-4-5-16(18)12(2)8-14;1-11-3-5-15-13(10-20)9-19(17(15)7-11)23(21,22)14-4-6-16(18)12(2)8-14;1-11-4-3-5-16-17(11)13(10-20)9-19(16)23(21,22)14-6-7-15(18)12(2)8-14;1-10-3-2-4-13-11(9-20)8-18(16(10)13)25(23,24)12-5-6-14(17)15(7-12)19(21)22/h3*3-9,20H,10H2,1-2H3;2-8,20H,9H2,1H3. The van der Waals surface area contributed by atoms with Gasteiger partial charge in [-0.2, -0.15) is 0 Å². The van der Waals surface area contributed by atoms with Crippen molar-refractivity contribution in [2.45, 2.75) is 94.5 Å². The van der Waals surface area contributed by atoms with Crippen LogP contribution in [0.4, 0.5) is 5.69 Å². The van der Waals surface area contributed by atoms with Crippen LogP contribution in [0.2, 0.25) is 20.1 Å². The molecule has 8 aromatic carbocycles. The Morgan fingerprint density at radius 3 is 1.27 bits per heavy atom. The van der Waals surface area contributed by atoms with Gasteiger partial charge in [0.05, 0.1) is 73.0 Å². The Hall–Kier alpha value is -7.88. The molecule has 12 aromatic rings. The van der Waals surface area contributed by atoms with Crippen LogP contribution in [0.1, 0.15) is 61.2 Å². The van der Waals surface area contributed by atoms with Gasteiger partial charge in [0.1, 0.15) is 5.02 Å². The van der Waals surface area contributed by atoms with Crippen molar-refractivity contribution < 1.29 is 59.0 Å². The maximum absolute atomic E-state index is 13.0. The minimum Gasteiger partial charge on any atom is -0.392 e. The number of hydrogen-bond acceptors (Lipinski definition) is 14. The molecule has 0 radical (unpaired) electrons. The molecule has 0 fully saturated rings. The van der Waals surface area contributed by atoms with Crippen molar-refractivity contribution >= 4 is 136 Å². The number of rotatable bonds is 13. The molecule has 4 heterocycles. The second-order valence-electron chi connectivity index (χ2n) is 22.0. The highest BCUT2D eigenvalue weighted by Gasteiger charge is 2.28. The van der Waals surface area contributed by atoms with E-state index in [-0.39, 0.29) is 51.0 Å². The lowest BCUT2D eigenvalue weighted by Crippen LogP contribution is -2.12. The number of hydrogen-bond donors (Lipinski definition) is 4. The lowest BCUT2D eigenvalue weighted by Gasteiger charge is -2.09. The molecule has 0 bridgehead atoms. The first-order chi connectivity index (χ1) is 44.3. The zero-order valence-corrected chi connectivity index (χ0v) is 57.5. The molecule has 0 saturated carbocycles. The van der Waals surface area contributed by atoms with Crippen LogP contribution >= 0.6 is 46.4 Å². The average Bonchev–Trinajstić information content (AvgIpc) is 1.59. The predicted molar refractivity (Wildman–Crippen MR) is 367 cm³/mol. The summed E-state index contributed by atoms with van der Waals surface area (Å²) in [7, 11) is -15.4. The number of nitrogens with zero attached hydrogens (tertiary/aromatic N) is 5. The maximum atomic E-state index is 13.0. The summed E-state index contributed by atoms with van der Waals surface area (Å²) in [6.45, 7) is 11.8. The molecule has 0 atom stereocenters. The maximum Gasteiger partial charge on any atom is 0.289 e. The number of aryl methyl sites for hydroxylation is 7. The number of aromatic nitrogens is 4. The number of nitro groups is 1. The van der Waals surface area contributed by atoms with Gasteiger partial charge >= 0.3 is 0 Å². The third-order valence-corrected chi connectivity index (χ3v) is 23.8. The SMILES string of the molecule is Cc1cc(S(=O)(=O)n2cc(CO)c3c(C)cccc32)ccc1Cl.Cc1ccc2c(CO)cn(S(=O)(=O)c3ccc(Cl)c(C)c3)c2c1.Cc1ccc2c(c1)c(CO)cn2S(=O)(=O)c1ccc(Cl)c(C)c1.Cc1cccc2c(CO)cn(S(=O)(=O)c3ccc(Cl)c([N+](=O)[O-])c3)c12. The molecule has 0 amide bonds. The monoisotopic (exact) mass is 1430 g/mol. The Bertz CT molecular complexity index is 5390. The number of nitro benzene ring substituents is 1. The minimum absolute atomic E-state index is 0.145. The van der Waals surface area contributed by atoms with E-state index in [1.54, 1.807) is 107 Å². The van der Waals surface area contributed by atoms with E-state index >= 15 is 0 Å². The highest BCUT2D eigenvalue weighted by molar-refractivity contribution is 7.91. The highest BCUT2D eigenvalue weighted by atomic mass is 35.5. The van der Waals surface area contributed by atoms with Crippen LogP contribution in [0.25, 0.3) is 43.6 Å². The summed E-state index contributed by atoms with van der Waals surface area (Å²) in [6.07, 6.45) is 5.76. The summed E-state index contributed by atoms with van der Waals surface area (Å²) in [5, 5.41) is 53.4. The second kappa shape index (κ2) is 27.8. The van der Waals surface area contributed by atoms with Crippen LogP contribution in [-0.2, 0) is 66.5 Å². The van der Waals surface area contributed by atoms with Crippen LogP contribution in [0.15, 0.2) is 190 Å². The Kier molecular flexibility index (Phi) is 20.9. The molecule has 0 spiro atoms. The largest absolute Gasteiger partial charge is 0.392 e. The summed E-state index contributed by atoms with van der Waals surface area (Å²) < 4.78 is 109. The van der Waals surface area contributed by atoms with E-state index in [0.717, 1.165) is 42.9 Å². The van der Waals surface area contributed by atoms with Crippen LogP contribution in [0.3, 0.4) is 0 Å². The summed E-state index contributed by atoms with van der Waals surface area (Å²) in [4.78, 5) is 10.6. The van der Waals surface area contributed by atoms with Crippen molar-refractivity contribution in [2.24, 2.45) is 0 Å². The predicted octanol–water partition coefficient (Wildman–Crippen LogP) is 14.2. The number of benzene rings is 8. The number of halogens is 4. The number of aliphatic hydroxyl groups excluding tert-OH is 4. The first-order valence-electron chi connectivity index (χ1n) is 28.4. The molecule has 12 rings (SSSR count). The van der Waals surface area contributed by atoms with Gasteiger partial charge in [-0.15, -0.1) is 0 Å². The molecule has 0 aliphatic carbocycles. The Morgan fingerprint density at radius 2 is 0.766 bits per heavy atom. The van der Waals surface area contributed by atoms with Gasteiger partial charge in [-0.25, -0.2) is 49.6 Å². The number of aliphatic hydroxyl groups is 4. The fourth-order valence-corrected chi connectivity index (χ4v) is 17.1. The number of fused-ring (bicyclic) bond motifs is 4. The minimum atomic E-state index is -4.11. The van der Waals surface area contributed by atoms with E-state index in [9.17, 15) is 64.2 Å². The topological polar surface area (TPSA) is 280 Å². The molecule has 0 saturated heterocycles. The molecule has 19 nitrogen and oxygen atoms in total. The van der Waals surface area contributed by atoms with E-state index in [1.807, 2.05) is 51.1 Å². The van der Waals surface area contributed by atoms with Crippen molar-refractivity contribution in [3.63, 3.8) is 0 Å². The molecule has 0 aliphatic rings. The summed E-state index contributed by atoms with van der Waals surface area (Å²) in [6, 6.07) is 38.8. The van der Waals surface area contributed by atoms with Gasteiger partial charge in [0, 0.05) is 89.7 Å². The van der Waals surface area contributed by atoms with Gasteiger partial charge in [-0.05, 0) is 173 Å².